The van der Waals surface area contributed by atoms with E-state index in [1.54, 1.807) is 6.07 Å². The Hall–Kier alpha value is -0.520. The Labute approximate surface area is 99.0 Å². The summed E-state index contributed by atoms with van der Waals surface area (Å²) in [6.45, 7) is 1.43. The van der Waals surface area contributed by atoms with Crippen LogP contribution in [0.5, 0.6) is 5.88 Å². The molecule has 0 saturated heterocycles. The van der Waals surface area contributed by atoms with Crippen LogP contribution < -0.4 is 4.74 Å². The van der Waals surface area contributed by atoms with Gasteiger partial charge in [-0.05, 0) is 20.4 Å². The lowest BCUT2D eigenvalue weighted by molar-refractivity contribution is 0.252. The van der Waals surface area contributed by atoms with Gasteiger partial charge in [0.25, 0.3) is 0 Å². The van der Waals surface area contributed by atoms with E-state index in [1.165, 1.54) is 11.8 Å². The molecule has 0 N–H and O–H groups in total. The number of rotatable bonds is 5. The molecule has 0 spiro atoms. The molecule has 0 aliphatic rings. The molecular weight excluding hydrogens is 234 g/mol. The van der Waals surface area contributed by atoms with Gasteiger partial charge < -0.3 is 9.64 Å². The minimum atomic E-state index is 0.411. The predicted molar refractivity (Wildman–Crippen MR) is 62.9 cm³/mol. The van der Waals surface area contributed by atoms with Crippen molar-refractivity contribution < 1.29 is 4.74 Å². The normalized spacial score (nSPS) is 10.7. The molecule has 0 unspecified atom stereocenters. The number of aromatic nitrogens is 2. The number of ether oxygens (including phenoxy) is 1. The van der Waals surface area contributed by atoms with Crippen LogP contribution in [0, 0.1) is 0 Å². The summed E-state index contributed by atoms with van der Waals surface area (Å²) in [5.74, 6) is 0.529. The van der Waals surface area contributed by atoms with Crippen LogP contribution in [0.3, 0.4) is 0 Å². The van der Waals surface area contributed by atoms with Crippen molar-refractivity contribution in [2.75, 3.05) is 33.5 Å². The maximum absolute atomic E-state index is 5.82. The largest absolute Gasteiger partial charge is 0.476 e. The fraction of sp³-hybridized carbons (Fsp3) is 0.556. The molecule has 4 nitrogen and oxygen atoms in total. The van der Waals surface area contributed by atoms with E-state index in [0.29, 0.717) is 22.8 Å². The lowest BCUT2D eigenvalue weighted by Crippen LogP contribution is -2.19. The van der Waals surface area contributed by atoms with Gasteiger partial charge in [0.2, 0.25) is 5.88 Å². The summed E-state index contributed by atoms with van der Waals surface area (Å²) in [7, 11) is 3.98. The molecule has 0 fully saturated rings. The zero-order chi connectivity index (χ0) is 11.3. The van der Waals surface area contributed by atoms with Crippen LogP contribution in [0.25, 0.3) is 0 Å². The van der Waals surface area contributed by atoms with E-state index in [1.807, 2.05) is 25.3 Å². The SMILES string of the molecule is CSc1nc(Cl)cc(OCCN(C)C)n1. The molecule has 0 saturated carbocycles. The Kier molecular flexibility index (Phi) is 5.14. The van der Waals surface area contributed by atoms with Gasteiger partial charge in [-0.1, -0.05) is 23.4 Å². The summed E-state index contributed by atoms with van der Waals surface area (Å²) < 4.78 is 5.45. The molecule has 0 aliphatic heterocycles. The van der Waals surface area contributed by atoms with Crippen LogP contribution in [0.1, 0.15) is 0 Å². The van der Waals surface area contributed by atoms with Crippen LogP contribution in [0.15, 0.2) is 11.2 Å². The highest BCUT2D eigenvalue weighted by Gasteiger charge is 2.03. The second-order valence-electron chi connectivity index (χ2n) is 3.17. The number of halogens is 1. The number of thioether (sulfide) groups is 1. The maximum atomic E-state index is 5.82. The van der Waals surface area contributed by atoms with E-state index in [2.05, 4.69) is 9.97 Å². The molecule has 0 radical (unpaired) electrons. The van der Waals surface area contributed by atoms with Gasteiger partial charge in [-0.2, -0.15) is 4.98 Å². The summed E-state index contributed by atoms with van der Waals surface area (Å²) in [5.41, 5.74) is 0. The molecule has 0 amide bonds. The molecule has 1 heterocycles. The summed E-state index contributed by atoms with van der Waals surface area (Å²) >= 11 is 7.26. The van der Waals surface area contributed by atoms with Gasteiger partial charge in [0.1, 0.15) is 11.8 Å². The van der Waals surface area contributed by atoms with Crippen molar-refractivity contribution in [3.05, 3.63) is 11.2 Å². The topological polar surface area (TPSA) is 38.2 Å². The minimum Gasteiger partial charge on any atom is -0.476 e. The van der Waals surface area contributed by atoms with Crippen LogP contribution in [0.2, 0.25) is 5.15 Å². The molecule has 1 rings (SSSR count). The van der Waals surface area contributed by atoms with Crippen molar-refractivity contribution in [3.8, 4) is 5.88 Å². The third kappa shape index (κ3) is 4.68. The zero-order valence-corrected chi connectivity index (χ0v) is 10.6. The van der Waals surface area contributed by atoms with Gasteiger partial charge in [0, 0.05) is 12.6 Å². The Balaban J connectivity index is 2.56. The first kappa shape index (κ1) is 12.5. The fourth-order valence-electron chi connectivity index (χ4n) is 0.875. The molecule has 15 heavy (non-hydrogen) atoms. The summed E-state index contributed by atoms with van der Waals surface area (Å²) in [6, 6.07) is 1.62. The van der Waals surface area contributed by atoms with E-state index in [9.17, 15) is 0 Å². The first-order valence-corrected chi connectivity index (χ1v) is 6.08. The Morgan fingerprint density at radius 2 is 2.20 bits per heavy atom. The molecule has 1 aromatic rings. The van der Waals surface area contributed by atoms with Gasteiger partial charge in [-0.3, -0.25) is 0 Å². The van der Waals surface area contributed by atoms with Crippen molar-refractivity contribution >= 4 is 23.4 Å². The Morgan fingerprint density at radius 1 is 1.47 bits per heavy atom. The molecule has 1 aromatic heterocycles. The first-order chi connectivity index (χ1) is 7.11. The van der Waals surface area contributed by atoms with E-state index in [0.717, 1.165) is 6.54 Å². The van der Waals surface area contributed by atoms with E-state index in [-0.39, 0.29) is 0 Å². The van der Waals surface area contributed by atoms with Crippen molar-refractivity contribution in [2.45, 2.75) is 5.16 Å². The second-order valence-corrected chi connectivity index (χ2v) is 4.33. The lowest BCUT2D eigenvalue weighted by atomic mass is 10.6. The van der Waals surface area contributed by atoms with E-state index < -0.39 is 0 Å². The summed E-state index contributed by atoms with van der Waals surface area (Å²) in [5, 5.41) is 1.04. The Morgan fingerprint density at radius 3 is 2.80 bits per heavy atom. The monoisotopic (exact) mass is 247 g/mol. The molecule has 0 aliphatic carbocycles. The minimum absolute atomic E-state index is 0.411. The first-order valence-electron chi connectivity index (χ1n) is 4.48. The van der Waals surface area contributed by atoms with Crippen molar-refractivity contribution in [3.63, 3.8) is 0 Å². The fourth-order valence-corrected chi connectivity index (χ4v) is 1.47. The van der Waals surface area contributed by atoms with Crippen LogP contribution in [-0.4, -0.2) is 48.4 Å². The zero-order valence-electron chi connectivity index (χ0n) is 9.03. The number of hydrogen-bond acceptors (Lipinski definition) is 5. The molecular formula is C9H14ClN3OS. The maximum Gasteiger partial charge on any atom is 0.218 e. The van der Waals surface area contributed by atoms with Crippen molar-refractivity contribution in [1.29, 1.82) is 0 Å². The molecule has 0 aromatic carbocycles. The Bertz CT molecular complexity index is 322. The summed E-state index contributed by atoms with van der Waals surface area (Å²) in [6.07, 6.45) is 1.90. The van der Waals surface area contributed by atoms with Gasteiger partial charge in [0.05, 0.1) is 0 Å². The number of likely N-dealkylation sites (N-methyl/N-ethyl adjacent to an activating group) is 1. The number of nitrogens with zero attached hydrogens (tertiary/aromatic N) is 3. The average Bonchev–Trinajstić information content (AvgIpc) is 2.16. The summed E-state index contributed by atoms with van der Waals surface area (Å²) in [4.78, 5) is 10.2. The standard InChI is InChI=1S/C9H14ClN3OS/c1-13(2)4-5-14-8-6-7(10)11-9(12-8)15-3/h6H,4-5H2,1-3H3. The molecule has 6 heteroatoms. The third-order valence-electron chi connectivity index (χ3n) is 1.62. The lowest BCUT2D eigenvalue weighted by Gasteiger charge is -2.10. The van der Waals surface area contributed by atoms with Gasteiger partial charge in [0.15, 0.2) is 5.16 Å². The van der Waals surface area contributed by atoms with E-state index >= 15 is 0 Å². The van der Waals surface area contributed by atoms with Gasteiger partial charge in [-0.25, -0.2) is 4.98 Å². The highest BCUT2D eigenvalue weighted by Crippen LogP contribution is 2.18. The van der Waals surface area contributed by atoms with Crippen molar-refractivity contribution in [1.82, 2.24) is 14.9 Å². The third-order valence-corrected chi connectivity index (χ3v) is 2.36. The highest BCUT2D eigenvalue weighted by atomic mass is 35.5. The average molecular weight is 248 g/mol. The molecule has 84 valence electrons. The quantitative estimate of drug-likeness (QED) is 0.451. The smallest absolute Gasteiger partial charge is 0.218 e. The van der Waals surface area contributed by atoms with Crippen LogP contribution in [-0.2, 0) is 0 Å². The van der Waals surface area contributed by atoms with Crippen LogP contribution in [0.4, 0.5) is 0 Å². The predicted octanol–water partition coefficient (Wildman–Crippen LogP) is 1.79. The number of hydrogen-bond donors (Lipinski definition) is 0. The van der Waals surface area contributed by atoms with Gasteiger partial charge in [-0.15, -0.1) is 0 Å². The van der Waals surface area contributed by atoms with Crippen LogP contribution >= 0.6 is 23.4 Å². The van der Waals surface area contributed by atoms with Gasteiger partial charge >= 0.3 is 0 Å². The van der Waals surface area contributed by atoms with E-state index in [4.69, 9.17) is 16.3 Å². The highest BCUT2D eigenvalue weighted by molar-refractivity contribution is 7.98. The second kappa shape index (κ2) is 6.15. The molecule has 0 atom stereocenters. The van der Waals surface area contributed by atoms with Crippen molar-refractivity contribution in [2.24, 2.45) is 0 Å². The molecule has 0 bridgehead atoms.